The maximum absolute atomic E-state index is 14.2. The van der Waals surface area contributed by atoms with Crippen molar-refractivity contribution in [2.24, 2.45) is 0 Å². The Kier molecular flexibility index (Phi) is 4.40. The fourth-order valence-corrected chi connectivity index (χ4v) is 2.98. The summed E-state index contributed by atoms with van der Waals surface area (Å²) in [4.78, 5) is 1.20. The molecule has 0 fully saturated rings. The zero-order valence-electron chi connectivity index (χ0n) is 12.2. The van der Waals surface area contributed by atoms with Crippen LogP contribution in [0, 0.1) is 5.82 Å². The Hall–Kier alpha value is -1.39. The average Bonchev–Trinajstić information content (AvgIpc) is 2.41. The van der Waals surface area contributed by atoms with E-state index in [-0.39, 0.29) is 16.1 Å². The van der Waals surface area contributed by atoms with Crippen LogP contribution in [0.5, 0.6) is 0 Å². The fourth-order valence-electron chi connectivity index (χ4n) is 1.89. The van der Waals surface area contributed by atoms with Gasteiger partial charge in [0.15, 0.2) is 5.82 Å². The number of anilines is 2. The van der Waals surface area contributed by atoms with Crippen LogP contribution in [-0.2, 0) is 5.41 Å². The summed E-state index contributed by atoms with van der Waals surface area (Å²) >= 11 is 7.08. The van der Waals surface area contributed by atoms with Crippen LogP contribution >= 0.6 is 23.4 Å². The molecule has 0 aromatic heterocycles. The van der Waals surface area contributed by atoms with Gasteiger partial charge in [0.25, 0.3) is 0 Å². The van der Waals surface area contributed by atoms with Crippen LogP contribution in [-0.4, -0.2) is 0 Å². The third kappa shape index (κ3) is 3.44. The predicted octanol–water partition coefficient (Wildman–Crippen LogP) is 5.09. The molecule has 0 unspecified atom stereocenters. The molecular weight excluding hydrogens is 307 g/mol. The lowest BCUT2D eigenvalue weighted by molar-refractivity contribution is 0.589. The van der Waals surface area contributed by atoms with Crippen LogP contribution in [0.15, 0.2) is 40.1 Å². The summed E-state index contributed by atoms with van der Waals surface area (Å²) < 4.78 is 14.2. The smallest absolute Gasteiger partial charge is 0.159 e. The second-order valence-corrected chi connectivity index (χ2v) is 7.35. The van der Waals surface area contributed by atoms with Crippen LogP contribution in [0.2, 0.25) is 5.02 Å². The Morgan fingerprint density at radius 2 is 1.62 bits per heavy atom. The van der Waals surface area contributed by atoms with E-state index in [9.17, 15) is 4.39 Å². The van der Waals surface area contributed by atoms with Gasteiger partial charge in [0.1, 0.15) is 5.02 Å². The number of halogens is 2. The largest absolute Gasteiger partial charge is 0.398 e. The summed E-state index contributed by atoms with van der Waals surface area (Å²) in [7, 11) is 0. The highest BCUT2D eigenvalue weighted by atomic mass is 35.5. The van der Waals surface area contributed by atoms with Gasteiger partial charge < -0.3 is 11.5 Å². The van der Waals surface area contributed by atoms with Crippen molar-refractivity contribution in [2.75, 3.05) is 11.5 Å². The topological polar surface area (TPSA) is 52.0 Å². The lowest BCUT2D eigenvalue weighted by Crippen LogP contribution is -2.10. The van der Waals surface area contributed by atoms with E-state index in [1.807, 2.05) is 24.3 Å². The number of nitrogens with two attached hydrogens (primary N) is 2. The minimum Gasteiger partial charge on any atom is -0.398 e. The number of rotatable bonds is 2. The normalized spacial score (nSPS) is 11.7. The third-order valence-electron chi connectivity index (χ3n) is 3.16. The molecule has 0 heterocycles. The number of benzene rings is 2. The first-order chi connectivity index (χ1) is 9.70. The Morgan fingerprint density at radius 1 is 1.05 bits per heavy atom. The van der Waals surface area contributed by atoms with Crippen LogP contribution < -0.4 is 11.5 Å². The second-order valence-electron chi connectivity index (χ2n) is 5.89. The van der Waals surface area contributed by atoms with Gasteiger partial charge in [-0.1, -0.05) is 56.3 Å². The zero-order valence-corrected chi connectivity index (χ0v) is 13.8. The lowest BCUT2D eigenvalue weighted by atomic mass is 9.87. The molecule has 0 bridgehead atoms. The molecule has 2 rings (SSSR count). The molecule has 2 aromatic rings. The van der Waals surface area contributed by atoms with Gasteiger partial charge in [-0.15, -0.1) is 0 Å². The van der Waals surface area contributed by atoms with Gasteiger partial charge >= 0.3 is 0 Å². The monoisotopic (exact) mass is 324 g/mol. The SMILES string of the molecule is CC(C)(C)c1ccc(Sc2c(N)cc(N)c(Cl)c2F)cc1. The standard InChI is InChI=1S/C16H18ClFN2S/c1-16(2,3)9-4-6-10(7-5-9)21-15-12(20)8-11(19)13(17)14(15)18/h4-8H,19-20H2,1-3H3. The highest BCUT2D eigenvalue weighted by molar-refractivity contribution is 7.99. The van der Waals surface area contributed by atoms with Crippen molar-refractivity contribution in [2.45, 2.75) is 36.0 Å². The minimum atomic E-state index is -0.570. The number of hydrogen-bond donors (Lipinski definition) is 2. The van der Waals surface area contributed by atoms with E-state index in [2.05, 4.69) is 20.8 Å². The predicted molar refractivity (Wildman–Crippen MR) is 89.5 cm³/mol. The molecule has 2 aromatic carbocycles. The molecule has 0 amide bonds. The van der Waals surface area contributed by atoms with Crippen LogP contribution in [0.25, 0.3) is 0 Å². The molecule has 5 heteroatoms. The number of nitrogen functional groups attached to an aromatic ring is 2. The van der Waals surface area contributed by atoms with Gasteiger partial charge in [-0.25, -0.2) is 4.39 Å². The van der Waals surface area contributed by atoms with E-state index in [0.29, 0.717) is 10.6 Å². The molecule has 21 heavy (non-hydrogen) atoms. The molecule has 0 spiro atoms. The molecule has 0 radical (unpaired) electrons. The van der Waals surface area contributed by atoms with E-state index in [1.165, 1.54) is 23.4 Å². The van der Waals surface area contributed by atoms with E-state index >= 15 is 0 Å². The van der Waals surface area contributed by atoms with Crippen molar-refractivity contribution in [3.8, 4) is 0 Å². The molecule has 4 N–H and O–H groups in total. The molecule has 112 valence electrons. The van der Waals surface area contributed by atoms with Gasteiger partial charge in [0.2, 0.25) is 0 Å². The average molecular weight is 325 g/mol. The second kappa shape index (κ2) is 5.78. The van der Waals surface area contributed by atoms with E-state index in [4.69, 9.17) is 23.1 Å². The first-order valence-corrected chi connectivity index (χ1v) is 7.71. The van der Waals surface area contributed by atoms with Gasteiger partial charge in [-0.2, -0.15) is 0 Å². The summed E-state index contributed by atoms with van der Waals surface area (Å²) in [6.45, 7) is 6.44. The summed E-state index contributed by atoms with van der Waals surface area (Å²) in [5.74, 6) is -0.570. The van der Waals surface area contributed by atoms with Crippen molar-refractivity contribution in [3.05, 3.63) is 46.7 Å². The highest BCUT2D eigenvalue weighted by Gasteiger charge is 2.17. The molecule has 0 aliphatic rings. The first kappa shape index (κ1) is 16.0. The summed E-state index contributed by atoms with van der Waals surface area (Å²) in [6, 6.07) is 9.46. The Morgan fingerprint density at radius 3 is 2.14 bits per heavy atom. The maximum Gasteiger partial charge on any atom is 0.159 e. The number of hydrogen-bond acceptors (Lipinski definition) is 3. The molecule has 0 aliphatic carbocycles. The first-order valence-electron chi connectivity index (χ1n) is 6.51. The van der Waals surface area contributed by atoms with E-state index in [1.54, 1.807) is 0 Å². The van der Waals surface area contributed by atoms with Crippen molar-refractivity contribution < 1.29 is 4.39 Å². The zero-order chi connectivity index (χ0) is 15.8. The summed E-state index contributed by atoms with van der Waals surface area (Å²) in [5, 5.41) is -0.0852. The molecule has 2 nitrogen and oxygen atoms in total. The molecule has 0 aliphatic heterocycles. The summed E-state index contributed by atoms with van der Waals surface area (Å²) in [5.41, 5.74) is 13.2. The third-order valence-corrected chi connectivity index (χ3v) is 4.67. The van der Waals surface area contributed by atoms with E-state index in [0.717, 1.165) is 4.90 Å². The van der Waals surface area contributed by atoms with Gasteiger partial charge in [0.05, 0.1) is 16.3 Å². The fraction of sp³-hybridized carbons (Fsp3) is 0.250. The molecule has 0 saturated heterocycles. The minimum absolute atomic E-state index is 0.0813. The Labute approximate surface area is 133 Å². The van der Waals surface area contributed by atoms with Crippen molar-refractivity contribution in [1.82, 2.24) is 0 Å². The van der Waals surface area contributed by atoms with E-state index < -0.39 is 5.82 Å². The Balaban J connectivity index is 2.33. The van der Waals surface area contributed by atoms with Gasteiger partial charge in [-0.05, 0) is 29.2 Å². The van der Waals surface area contributed by atoms with Crippen molar-refractivity contribution in [3.63, 3.8) is 0 Å². The van der Waals surface area contributed by atoms with Crippen LogP contribution in [0.3, 0.4) is 0 Å². The van der Waals surface area contributed by atoms with Crippen LogP contribution in [0.4, 0.5) is 15.8 Å². The quantitative estimate of drug-likeness (QED) is 0.756. The summed E-state index contributed by atoms with van der Waals surface area (Å²) in [6.07, 6.45) is 0. The van der Waals surface area contributed by atoms with Crippen molar-refractivity contribution >= 4 is 34.7 Å². The van der Waals surface area contributed by atoms with Gasteiger partial charge in [0, 0.05) is 4.90 Å². The molecular formula is C16H18ClFN2S. The molecule has 0 atom stereocenters. The highest BCUT2D eigenvalue weighted by Crippen LogP contribution is 2.40. The van der Waals surface area contributed by atoms with Crippen molar-refractivity contribution in [1.29, 1.82) is 0 Å². The Bertz CT molecular complexity index is 663. The van der Waals surface area contributed by atoms with Gasteiger partial charge in [-0.3, -0.25) is 0 Å². The molecule has 0 saturated carbocycles. The van der Waals surface area contributed by atoms with Crippen LogP contribution in [0.1, 0.15) is 26.3 Å². The maximum atomic E-state index is 14.2. The lowest BCUT2D eigenvalue weighted by Gasteiger charge is -2.19.